The van der Waals surface area contributed by atoms with Crippen LogP contribution in [0, 0.1) is 13.8 Å². The predicted octanol–water partition coefficient (Wildman–Crippen LogP) is 3.40. The zero-order chi connectivity index (χ0) is 11.1. The fraction of sp³-hybridized carbons (Fsp3) is 0.143. The first kappa shape index (κ1) is 9.28. The van der Waals surface area contributed by atoms with Gasteiger partial charge < -0.3 is 0 Å². The first-order valence-electron chi connectivity index (χ1n) is 5.36. The van der Waals surface area contributed by atoms with E-state index in [1.807, 2.05) is 30.7 Å². The molecule has 3 aromatic rings. The molecule has 0 aliphatic heterocycles. The van der Waals surface area contributed by atoms with Gasteiger partial charge in [0, 0.05) is 34.7 Å². The van der Waals surface area contributed by atoms with Crippen molar-refractivity contribution in [1.29, 1.82) is 0 Å². The molecule has 1 aromatic carbocycles. The fourth-order valence-electron chi connectivity index (χ4n) is 2.23. The molecule has 2 aromatic heterocycles. The minimum Gasteiger partial charge on any atom is -0.264 e. The van der Waals surface area contributed by atoms with Crippen molar-refractivity contribution in [2.75, 3.05) is 0 Å². The smallest absolute Gasteiger partial charge is 0.0784 e. The molecule has 0 bridgehead atoms. The first-order chi connectivity index (χ1) is 7.79. The molecule has 0 atom stereocenters. The maximum Gasteiger partial charge on any atom is 0.0784 e. The summed E-state index contributed by atoms with van der Waals surface area (Å²) in [6, 6.07) is 6.16. The van der Waals surface area contributed by atoms with Crippen molar-refractivity contribution in [2.24, 2.45) is 0 Å². The number of aryl methyl sites for hydroxylation is 2. The van der Waals surface area contributed by atoms with Crippen LogP contribution in [0.5, 0.6) is 0 Å². The second-order valence-corrected chi connectivity index (χ2v) is 4.07. The number of hydrogen-bond acceptors (Lipinski definition) is 2. The maximum atomic E-state index is 4.48. The molecular formula is C14H12N2. The highest BCUT2D eigenvalue weighted by atomic mass is 14.7. The number of benzene rings is 1. The SMILES string of the molecule is Cc1c(C)c2cccnc2c2ccncc12. The van der Waals surface area contributed by atoms with Gasteiger partial charge in [-0.3, -0.25) is 9.97 Å². The molecule has 0 spiro atoms. The first-order valence-corrected chi connectivity index (χ1v) is 5.36. The van der Waals surface area contributed by atoms with Gasteiger partial charge >= 0.3 is 0 Å². The minimum atomic E-state index is 1.07. The summed E-state index contributed by atoms with van der Waals surface area (Å²) in [5, 5.41) is 3.62. The maximum absolute atomic E-state index is 4.48. The van der Waals surface area contributed by atoms with Crippen LogP contribution < -0.4 is 0 Å². The van der Waals surface area contributed by atoms with Gasteiger partial charge in [-0.2, -0.15) is 0 Å². The molecule has 2 nitrogen and oxygen atoms in total. The summed E-state index contributed by atoms with van der Waals surface area (Å²) in [5.74, 6) is 0. The Morgan fingerprint density at radius 2 is 1.69 bits per heavy atom. The molecular weight excluding hydrogens is 196 g/mol. The third kappa shape index (κ3) is 1.13. The quantitative estimate of drug-likeness (QED) is 0.529. The summed E-state index contributed by atoms with van der Waals surface area (Å²) in [6.07, 6.45) is 5.59. The fourth-order valence-corrected chi connectivity index (χ4v) is 2.23. The van der Waals surface area contributed by atoms with Gasteiger partial charge in [0.15, 0.2) is 0 Å². The molecule has 2 heteroatoms. The Bertz CT molecular complexity index is 626. The number of fused-ring (bicyclic) bond motifs is 3. The van der Waals surface area contributed by atoms with Gasteiger partial charge in [0.05, 0.1) is 5.52 Å². The van der Waals surface area contributed by atoms with Crippen molar-refractivity contribution >= 4 is 21.7 Å². The molecule has 0 aliphatic carbocycles. The molecule has 0 aliphatic rings. The summed E-state index contributed by atoms with van der Waals surface area (Å²) in [6.45, 7) is 4.29. The van der Waals surface area contributed by atoms with Crippen LogP contribution in [0.2, 0.25) is 0 Å². The van der Waals surface area contributed by atoms with Crippen molar-refractivity contribution in [3.63, 3.8) is 0 Å². The topological polar surface area (TPSA) is 25.8 Å². The van der Waals surface area contributed by atoms with E-state index in [1.165, 1.54) is 27.3 Å². The molecule has 16 heavy (non-hydrogen) atoms. The van der Waals surface area contributed by atoms with Crippen LogP contribution in [0.25, 0.3) is 21.7 Å². The number of hydrogen-bond donors (Lipinski definition) is 0. The van der Waals surface area contributed by atoms with E-state index in [0.717, 1.165) is 5.52 Å². The van der Waals surface area contributed by atoms with E-state index < -0.39 is 0 Å². The molecule has 0 unspecified atom stereocenters. The van der Waals surface area contributed by atoms with Gasteiger partial charge in [0.1, 0.15) is 0 Å². The van der Waals surface area contributed by atoms with Crippen LogP contribution in [-0.2, 0) is 0 Å². The number of pyridine rings is 2. The minimum absolute atomic E-state index is 1.07. The Balaban J connectivity index is 2.69. The summed E-state index contributed by atoms with van der Waals surface area (Å²) in [7, 11) is 0. The van der Waals surface area contributed by atoms with Gasteiger partial charge in [0.2, 0.25) is 0 Å². The van der Waals surface area contributed by atoms with Crippen LogP contribution in [0.3, 0.4) is 0 Å². The molecule has 0 saturated heterocycles. The normalized spacial score (nSPS) is 11.1. The number of nitrogens with zero attached hydrogens (tertiary/aromatic N) is 2. The molecule has 0 saturated carbocycles. The van der Waals surface area contributed by atoms with Gasteiger partial charge in [-0.15, -0.1) is 0 Å². The van der Waals surface area contributed by atoms with Gasteiger partial charge in [-0.1, -0.05) is 6.07 Å². The van der Waals surface area contributed by atoms with E-state index in [-0.39, 0.29) is 0 Å². The summed E-state index contributed by atoms with van der Waals surface area (Å²) in [5.41, 5.74) is 3.66. The number of aromatic nitrogens is 2. The van der Waals surface area contributed by atoms with E-state index in [4.69, 9.17) is 0 Å². The van der Waals surface area contributed by atoms with E-state index in [0.29, 0.717) is 0 Å². The van der Waals surface area contributed by atoms with Crippen LogP contribution in [0.4, 0.5) is 0 Å². The third-order valence-electron chi connectivity index (χ3n) is 3.25. The monoisotopic (exact) mass is 208 g/mol. The second-order valence-electron chi connectivity index (χ2n) is 4.07. The molecule has 0 radical (unpaired) electrons. The molecule has 0 N–H and O–H groups in total. The standard InChI is InChI=1S/C14H12N2/c1-9-10(2)13-8-15-7-5-12(13)14-11(9)4-3-6-16-14/h3-8H,1-2H3. The van der Waals surface area contributed by atoms with E-state index in [9.17, 15) is 0 Å². The van der Waals surface area contributed by atoms with Gasteiger partial charge in [0.25, 0.3) is 0 Å². The highest BCUT2D eigenvalue weighted by molar-refractivity contribution is 6.07. The van der Waals surface area contributed by atoms with Crippen molar-refractivity contribution in [2.45, 2.75) is 13.8 Å². The summed E-state index contributed by atoms with van der Waals surface area (Å²) >= 11 is 0. The predicted molar refractivity (Wildman–Crippen MR) is 66.5 cm³/mol. The average molecular weight is 208 g/mol. The lowest BCUT2D eigenvalue weighted by molar-refractivity contribution is 1.32. The second kappa shape index (κ2) is 3.27. The van der Waals surface area contributed by atoms with Crippen molar-refractivity contribution in [1.82, 2.24) is 9.97 Å². The zero-order valence-electron chi connectivity index (χ0n) is 9.36. The van der Waals surface area contributed by atoms with Crippen molar-refractivity contribution < 1.29 is 0 Å². The molecule has 0 fully saturated rings. The van der Waals surface area contributed by atoms with Crippen LogP contribution in [0.15, 0.2) is 36.8 Å². The van der Waals surface area contributed by atoms with Crippen LogP contribution in [0.1, 0.15) is 11.1 Å². The van der Waals surface area contributed by atoms with Crippen LogP contribution in [-0.4, -0.2) is 9.97 Å². The lowest BCUT2D eigenvalue weighted by atomic mass is 9.97. The zero-order valence-corrected chi connectivity index (χ0v) is 9.36. The van der Waals surface area contributed by atoms with E-state index >= 15 is 0 Å². The lowest BCUT2D eigenvalue weighted by Gasteiger charge is -2.10. The molecule has 78 valence electrons. The highest BCUT2D eigenvalue weighted by Crippen LogP contribution is 2.29. The van der Waals surface area contributed by atoms with Crippen molar-refractivity contribution in [3.8, 4) is 0 Å². The summed E-state index contributed by atoms with van der Waals surface area (Å²) in [4.78, 5) is 8.68. The summed E-state index contributed by atoms with van der Waals surface area (Å²) < 4.78 is 0. The van der Waals surface area contributed by atoms with E-state index in [1.54, 1.807) is 0 Å². The molecule has 2 heterocycles. The lowest BCUT2D eigenvalue weighted by Crippen LogP contribution is -1.90. The average Bonchev–Trinajstić information content (AvgIpc) is 2.36. The Morgan fingerprint density at radius 3 is 2.56 bits per heavy atom. The Labute approximate surface area is 94.0 Å². The van der Waals surface area contributed by atoms with E-state index in [2.05, 4.69) is 29.9 Å². The van der Waals surface area contributed by atoms with Gasteiger partial charge in [-0.25, -0.2) is 0 Å². The molecule has 0 amide bonds. The third-order valence-corrected chi connectivity index (χ3v) is 3.25. The van der Waals surface area contributed by atoms with Crippen molar-refractivity contribution in [3.05, 3.63) is 47.9 Å². The Morgan fingerprint density at radius 1 is 0.875 bits per heavy atom. The van der Waals surface area contributed by atoms with Crippen LogP contribution >= 0.6 is 0 Å². The Kier molecular flexibility index (Phi) is 1.90. The number of rotatable bonds is 0. The Hall–Kier alpha value is -1.96. The molecule has 3 rings (SSSR count). The largest absolute Gasteiger partial charge is 0.264 e. The highest BCUT2D eigenvalue weighted by Gasteiger charge is 2.08. The van der Waals surface area contributed by atoms with Gasteiger partial charge in [-0.05, 0) is 37.1 Å².